The van der Waals surface area contributed by atoms with Gasteiger partial charge in [0.2, 0.25) is 5.91 Å². The first-order valence-corrected chi connectivity index (χ1v) is 11.3. The highest BCUT2D eigenvalue weighted by Crippen LogP contribution is 2.32. The number of carbonyl (C=O) groups is 3. The highest BCUT2D eigenvalue weighted by molar-refractivity contribution is 8.18. The van der Waals surface area contributed by atoms with Crippen LogP contribution >= 0.6 is 23.4 Å². The molecule has 1 N–H and O–H groups in total. The second-order valence-corrected chi connectivity index (χ2v) is 9.96. The number of nitrogens with zero attached hydrogens (tertiary/aromatic N) is 1. The van der Waals surface area contributed by atoms with E-state index >= 15 is 0 Å². The van der Waals surface area contributed by atoms with E-state index in [1.807, 2.05) is 0 Å². The van der Waals surface area contributed by atoms with Crippen molar-refractivity contribution in [1.29, 1.82) is 0 Å². The third-order valence-electron chi connectivity index (χ3n) is 4.18. The number of hydrogen-bond acceptors (Lipinski definition) is 6. The number of rotatable bonds is 5. The molecule has 144 valence electrons. The molecule has 2 fully saturated rings. The quantitative estimate of drug-likeness (QED) is 0.720. The lowest BCUT2D eigenvalue weighted by Gasteiger charge is -2.14. The summed E-state index contributed by atoms with van der Waals surface area (Å²) in [7, 11) is -3.08. The zero-order valence-corrected chi connectivity index (χ0v) is 16.6. The minimum atomic E-state index is -3.08. The Morgan fingerprint density at radius 1 is 1.37 bits per heavy atom. The maximum Gasteiger partial charge on any atom is 0.293 e. The lowest BCUT2D eigenvalue weighted by atomic mass is 10.2. The molecule has 2 heterocycles. The third kappa shape index (κ3) is 5.12. The molecule has 0 spiro atoms. The molecule has 0 bridgehead atoms. The molecule has 10 heteroatoms. The minimum absolute atomic E-state index is 0.0527. The molecule has 1 atom stereocenters. The van der Waals surface area contributed by atoms with E-state index in [1.54, 1.807) is 30.3 Å². The molecule has 1 aromatic rings. The van der Waals surface area contributed by atoms with Crippen LogP contribution in [0.4, 0.5) is 4.79 Å². The van der Waals surface area contributed by atoms with Crippen molar-refractivity contribution in [1.82, 2.24) is 10.2 Å². The van der Waals surface area contributed by atoms with Gasteiger partial charge in [-0.3, -0.25) is 19.3 Å². The van der Waals surface area contributed by atoms with Gasteiger partial charge in [0.05, 0.1) is 16.4 Å². The van der Waals surface area contributed by atoms with E-state index in [-0.39, 0.29) is 35.3 Å². The zero-order valence-electron chi connectivity index (χ0n) is 14.2. The SMILES string of the molecule is O=C(CCN1C(=O)S/C(=C\c2cccc(Cl)c2)C1=O)N[C@@H]1CCS(=O)(=O)C1. The fourth-order valence-electron chi connectivity index (χ4n) is 2.86. The number of benzene rings is 1. The molecule has 0 aliphatic carbocycles. The summed E-state index contributed by atoms with van der Waals surface area (Å²) in [5.74, 6) is -0.839. The Balaban J connectivity index is 1.57. The molecule has 27 heavy (non-hydrogen) atoms. The maximum atomic E-state index is 12.4. The second-order valence-electron chi connectivity index (χ2n) is 6.31. The molecular weight excluding hydrogens is 412 g/mol. The van der Waals surface area contributed by atoms with Crippen LogP contribution in [-0.4, -0.2) is 54.5 Å². The van der Waals surface area contributed by atoms with Gasteiger partial charge in [-0.25, -0.2) is 8.42 Å². The van der Waals surface area contributed by atoms with Crippen LogP contribution < -0.4 is 5.32 Å². The van der Waals surface area contributed by atoms with E-state index in [1.165, 1.54) is 0 Å². The Hall–Kier alpha value is -1.84. The molecule has 0 radical (unpaired) electrons. The highest BCUT2D eigenvalue weighted by Gasteiger charge is 2.35. The number of halogens is 1. The Labute approximate surface area is 166 Å². The van der Waals surface area contributed by atoms with Gasteiger partial charge in [0.1, 0.15) is 0 Å². The second kappa shape index (κ2) is 8.04. The molecule has 3 rings (SSSR count). The first-order chi connectivity index (χ1) is 12.7. The van der Waals surface area contributed by atoms with Gasteiger partial charge in [-0.05, 0) is 42.0 Å². The summed E-state index contributed by atoms with van der Waals surface area (Å²) < 4.78 is 22.8. The van der Waals surface area contributed by atoms with Crippen molar-refractivity contribution in [3.63, 3.8) is 0 Å². The largest absolute Gasteiger partial charge is 0.352 e. The van der Waals surface area contributed by atoms with Crippen molar-refractivity contribution >= 4 is 56.3 Å². The fraction of sp³-hybridized carbons (Fsp3) is 0.353. The van der Waals surface area contributed by atoms with E-state index in [4.69, 9.17) is 11.6 Å². The predicted octanol–water partition coefficient (Wildman–Crippen LogP) is 2.07. The smallest absolute Gasteiger partial charge is 0.293 e. The van der Waals surface area contributed by atoms with Crippen molar-refractivity contribution in [3.8, 4) is 0 Å². The first-order valence-electron chi connectivity index (χ1n) is 8.24. The van der Waals surface area contributed by atoms with Gasteiger partial charge >= 0.3 is 0 Å². The molecular formula is C17H17ClN2O5S2. The number of amides is 3. The zero-order chi connectivity index (χ0) is 19.6. The maximum absolute atomic E-state index is 12.4. The van der Waals surface area contributed by atoms with Crippen LogP contribution in [0.1, 0.15) is 18.4 Å². The highest BCUT2D eigenvalue weighted by atomic mass is 35.5. The fourth-order valence-corrected chi connectivity index (χ4v) is 5.60. The van der Waals surface area contributed by atoms with Crippen molar-refractivity contribution in [2.24, 2.45) is 0 Å². The molecule has 0 unspecified atom stereocenters. The minimum Gasteiger partial charge on any atom is -0.352 e. The van der Waals surface area contributed by atoms with Crippen LogP contribution in [0.2, 0.25) is 5.02 Å². The monoisotopic (exact) mass is 428 g/mol. The normalized spacial score (nSPS) is 23.2. The van der Waals surface area contributed by atoms with Gasteiger partial charge in [0, 0.05) is 24.0 Å². The lowest BCUT2D eigenvalue weighted by Crippen LogP contribution is -2.38. The van der Waals surface area contributed by atoms with Crippen LogP contribution in [-0.2, 0) is 19.4 Å². The average Bonchev–Trinajstić information content (AvgIpc) is 3.05. The van der Waals surface area contributed by atoms with Crippen molar-refractivity contribution in [3.05, 3.63) is 39.8 Å². The average molecular weight is 429 g/mol. The molecule has 1 aromatic carbocycles. The van der Waals surface area contributed by atoms with Crippen LogP contribution in [0, 0.1) is 0 Å². The number of hydrogen-bond donors (Lipinski definition) is 1. The number of nitrogens with one attached hydrogen (secondary N) is 1. The van der Waals surface area contributed by atoms with Crippen LogP contribution in [0.15, 0.2) is 29.2 Å². The molecule has 2 aliphatic heterocycles. The summed E-state index contributed by atoms with van der Waals surface area (Å²) in [6.45, 7) is -0.0527. The molecule has 2 saturated heterocycles. The van der Waals surface area contributed by atoms with Gasteiger partial charge < -0.3 is 5.32 Å². The van der Waals surface area contributed by atoms with E-state index < -0.39 is 27.0 Å². The van der Waals surface area contributed by atoms with Gasteiger partial charge in [0.25, 0.3) is 11.1 Å². The predicted molar refractivity (Wildman–Crippen MR) is 104 cm³/mol. The molecule has 3 amide bonds. The summed E-state index contributed by atoms with van der Waals surface area (Å²) in [6, 6.07) is 6.49. The first kappa shape index (κ1) is 19.9. The standard InChI is InChI=1S/C17H17ClN2O5S2/c18-12-3-1-2-11(8-12)9-14-16(22)20(17(23)26-14)6-4-15(21)19-13-5-7-27(24,25)10-13/h1-3,8-9,13H,4-7,10H2,(H,19,21)/b14-9-/t13-/m1/s1. The Morgan fingerprint density at radius 3 is 2.81 bits per heavy atom. The van der Waals surface area contributed by atoms with Gasteiger partial charge in [-0.15, -0.1) is 0 Å². The number of thioether (sulfide) groups is 1. The van der Waals surface area contributed by atoms with Crippen LogP contribution in [0.25, 0.3) is 6.08 Å². The van der Waals surface area contributed by atoms with E-state index in [9.17, 15) is 22.8 Å². The van der Waals surface area contributed by atoms with E-state index in [2.05, 4.69) is 5.32 Å². The molecule has 7 nitrogen and oxygen atoms in total. The number of sulfone groups is 1. The van der Waals surface area contributed by atoms with Crippen LogP contribution in [0.5, 0.6) is 0 Å². The van der Waals surface area contributed by atoms with Crippen molar-refractivity contribution in [2.45, 2.75) is 18.9 Å². The van der Waals surface area contributed by atoms with Gasteiger partial charge in [-0.1, -0.05) is 23.7 Å². The summed E-state index contributed by atoms with van der Waals surface area (Å²) >= 11 is 6.73. The number of carbonyl (C=O) groups excluding carboxylic acids is 3. The molecule has 2 aliphatic rings. The van der Waals surface area contributed by atoms with Crippen molar-refractivity contribution < 1.29 is 22.8 Å². The lowest BCUT2D eigenvalue weighted by molar-refractivity contribution is -0.124. The summed E-state index contributed by atoms with van der Waals surface area (Å²) in [5, 5.41) is 2.72. The van der Waals surface area contributed by atoms with Crippen molar-refractivity contribution in [2.75, 3.05) is 18.1 Å². The molecule has 0 aromatic heterocycles. The Kier molecular flexibility index (Phi) is 5.92. The van der Waals surface area contributed by atoms with Gasteiger partial charge in [0.15, 0.2) is 9.84 Å². The Bertz CT molecular complexity index is 929. The topological polar surface area (TPSA) is 101 Å². The summed E-state index contributed by atoms with van der Waals surface area (Å²) in [6.07, 6.45) is 1.90. The molecule has 0 saturated carbocycles. The summed E-state index contributed by atoms with van der Waals surface area (Å²) in [4.78, 5) is 37.8. The Morgan fingerprint density at radius 2 is 2.15 bits per heavy atom. The van der Waals surface area contributed by atoms with Gasteiger partial charge in [-0.2, -0.15) is 0 Å². The van der Waals surface area contributed by atoms with Crippen LogP contribution in [0.3, 0.4) is 0 Å². The van der Waals surface area contributed by atoms with E-state index in [0.717, 1.165) is 16.7 Å². The number of imide groups is 1. The summed E-state index contributed by atoms with van der Waals surface area (Å²) in [5.41, 5.74) is 0.702. The van der Waals surface area contributed by atoms with E-state index in [0.29, 0.717) is 17.0 Å². The third-order valence-corrected chi connectivity index (χ3v) is 7.09.